The topological polar surface area (TPSA) is 162 Å². The molecule has 0 radical (unpaired) electrons. The number of ether oxygens (including phenoxy) is 1. The van der Waals surface area contributed by atoms with E-state index >= 15 is 0 Å². The Morgan fingerprint density at radius 1 is 0.903 bits per heavy atom. The first kappa shape index (κ1) is 49.1. The number of aryl methyl sites for hydroxylation is 3. The van der Waals surface area contributed by atoms with Crippen molar-refractivity contribution >= 4 is 57.7 Å². The lowest BCUT2D eigenvalue weighted by molar-refractivity contribution is -0.142. The van der Waals surface area contributed by atoms with Gasteiger partial charge < -0.3 is 20.3 Å². The lowest BCUT2D eigenvalue weighted by Crippen LogP contribution is -2.49. The molecule has 3 aromatic carbocycles. The van der Waals surface area contributed by atoms with Crippen LogP contribution in [0.4, 0.5) is 0 Å². The maximum absolute atomic E-state index is 14.5. The van der Waals surface area contributed by atoms with Crippen LogP contribution >= 0.6 is 34.3 Å². The molecule has 2 fully saturated rings. The Bertz CT molecular complexity index is 3180. The van der Waals surface area contributed by atoms with E-state index in [2.05, 4.69) is 63.3 Å². The monoisotopic (exact) mass is 1020 g/mol. The number of carbonyl (C=O) groups is 3. The number of benzene rings is 3. The third-order valence-electron chi connectivity index (χ3n) is 14.3. The number of aliphatic imine (C=N–C) groups is 1. The van der Waals surface area contributed by atoms with Crippen LogP contribution in [0, 0.1) is 39.5 Å². The first-order valence-electron chi connectivity index (χ1n) is 24.7. The summed E-state index contributed by atoms with van der Waals surface area (Å²) in [7, 11) is 0. The van der Waals surface area contributed by atoms with E-state index < -0.39 is 18.1 Å². The van der Waals surface area contributed by atoms with Gasteiger partial charge in [-0.3, -0.25) is 28.6 Å². The first-order valence-corrected chi connectivity index (χ1v) is 26.8. The van der Waals surface area contributed by atoms with Crippen LogP contribution in [0.15, 0.2) is 95.7 Å². The molecule has 3 aliphatic rings. The van der Waals surface area contributed by atoms with Gasteiger partial charge in [-0.05, 0) is 99.4 Å². The van der Waals surface area contributed by atoms with Gasteiger partial charge in [-0.15, -0.1) is 32.9 Å². The molecule has 5 atom stereocenters. The maximum Gasteiger partial charge on any atom is 0.248 e. The Balaban J connectivity index is 0.762. The largest absolute Gasteiger partial charge is 0.490 e. The van der Waals surface area contributed by atoms with Crippen LogP contribution in [-0.4, -0.2) is 82.6 Å². The summed E-state index contributed by atoms with van der Waals surface area (Å²) >= 11 is 9.58. The Labute approximate surface area is 432 Å². The summed E-state index contributed by atoms with van der Waals surface area (Å²) in [5.41, 5.74) is 10.6. The van der Waals surface area contributed by atoms with E-state index in [0.29, 0.717) is 42.4 Å². The molecule has 0 spiro atoms. The number of hydrogen-bond donors (Lipinski definition) is 2. The van der Waals surface area contributed by atoms with E-state index in [0.717, 1.165) is 66.1 Å². The molecule has 10 rings (SSSR count). The average molecular weight is 1020 g/mol. The summed E-state index contributed by atoms with van der Waals surface area (Å²) in [6, 6.07) is 21.7. The fourth-order valence-corrected chi connectivity index (χ4v) is 12.4. The van der Waals surface area contributed by atoms with Crippen LogP contribution in [0.3, 0.4) is 0 Å². The van der Waals surface area contributed by atoms with E-state index in [1.807, 2.05) is 107 Å². The molecule has 2 aliphatic heterocycles. The molecular weight excluding hydrogens is 964 g/mol. The molecule has 3 amide bonds. The van der Waals surface area contributed by atoms with Crippen LogP contribution in [0.2, 0.25) is 5.02 Å². The second kappa shape index (κ2) is 20.2. The van der Waals surface area contributed by atoms with E-state index in [9.17, 15) is 14.4 Å². The van der Waals surface area contributed by atoms with Crippen molar-refractivity contribution in [2.24, 2.45) is 16.8 Å². The molecule has 2 N–H and O–H groups in total. The summed E-state index contributed by atoms with van der Waals surface area (Å²) in [5.74, 6) is 1.79. The minimum atomic E-state index is -0.606. The molecule has 0 unspecified atom stereocenters. The van der Waals surface area contributed by atoms with Gasteiger partial charge >= 0.3 is 0 Å². The number of amides is 3. The van der Waals surface area contributed by atoms with Crippen LogP contribution in [-0.2, 0) is 14.4 Å². The fraction of sp³-hybridized carbons (Fsp3) is 0.382. The number of fused-ring (bicyclic) bond motifs is 3. The number of nitrogens with one attached hydrogen (secondary N) is 2. The van der Waals surface area contributed by atoms with E-state index in [-0.39, 0.29) is 54.2 Å². The third-order valence-corrected chi connectivity index (χ3v) is 16.7. The Hall–Kier alpha value is -6.49. The minimum Gasteiger partial charge on any atom is -0.490 e. The molecule has 4 aromatic heterocycles. The van der Waals surface area contributed by atoms with Gasteiger partial charge in [0.1, 0.15) is 40.8 Å². The Morgan fingerprint density at radius 2 is 1.65 bits per heavy atom. The number of likely N-dealkylation sites (tertiary alicyclic amines) is 1. The highest BCUT2D eigenvalue weighted by atomic mass is 35.5. The van der Waals surface area contributed by atoms with Gasteiger partial charge in [0, 0.05) is 58.2 Å². The van der Waals surface area contributed by atoms with Gasteiger partial charge in [0.05, 0.1) is 40.5 Å². The number of halogens is 1. The maximum atomic E-state index is 14.5. The second-order valence-electron chi connectivity index (χ2n) is 20.0. The van der Waals surface area contributed by atoms with Crippen molar-refractivity contribution in [2.45, 2.75) is 117 Å². The van der Waals surface area contributed by atoms with Gasteiger partial charge in [0.15, 0.2) is 5.82 Å². The van der Waals surface area contributed by atoms with Crippen LogP contribution in [0.1, 0.15) is 116 Å². The Kier molecular flexibility index (Phi) is 13.8. The van der Waals surface area contributed by atoms with Gasteiger partial charge in [-0.25, -0.2) is 4.98 Å². The van der Waals surface area contributed by atoms with Gasteiger partial charge in [0.2, 0.25) is 17.7 Å². The number of nitrogens with zero attached hydrogens (tertiary/aromatic N) is 8. The summed E-state index contributed by atoms with van der Waals surface area (Å²) in [6.45, 7) is 16.7. The number of thiazole rings is 1. The smallest absolute Gasteiger partial charge is 0.248 e. The summed E-state index contributed by atoms with van der Waals surface area (Å²) in [5, 5.41) is 21.8. The van der Waals surface area contributed by atoms with Crippen molar-refractivity contribution in [3.05, 3.63) is 140 Å². The highest BCUT2D eigenvalue weighted by molar-refractivity contribution is 7.15. The number of hydrogen-bond acceptors (Lipinski definition) is 11. The molecule has 17 heteroatoms. The number of rotatable bonds is 14. The molecule has 0 bridgehead atoms. The predicted molar refractivity (Wildman–Crippen MR) is 283 cm³/mol. The minimum absolute atomic E-state index is 0.0460. The Morgan fingerprint density at radius 3 is 2.38 bits per heavy atom. The quantitative estimate of drug-likeness (QED) is 0.109. The highest BCUT2D eigenvalue weighted by Crippen LogP contribution is 2.40. The number of aromatic nitrogens is 6. The van der Waals surface area contributed by atoms with Crippen molar-refractivity contribution in [1.82, 2.24) is 45.1 Å². The van der Waals surface area contributed by atoms with E-state index in [1.54, 1.807) is 38.5 Å². The number of thiophene rings is 1. The molecule has 6 heterocycles. The van der Waals surface area contributed by atoms with Crippen molar-refractivity contribution in [3.8, 4) is 32.3 Å². The normalized spacial score (nSPS) is 20.2. The summed E-state index contributed by atoms with van der Waals surface area (Å²) < 4.78 is 10.2. The third kappa shape index (κ3) is 9.75. The van der Waals surface area contributed by atoms with Gasteiger partial charge in [0.25, 0.3) is 0 Å². The second-order valence-corrected chi connectivity index (χ2v) is 22.5. The summed E-state index contributed by atoms with van der Waals surface area (Å²) in [6.07, 6.45) is 5.63. The standard InChI is InChI=1S/C55H59ClN10O4S2/c1-29(2)50(54(69)64-26-30(3)20-46(64)53(68)59-32(5)36-12-14-38(15-13-36)51-33(6)57-28-71-51)65-27-40(25-58-65)39-10-9-11-43(21-39)70-44-22-42(23-44)60-47(67)24-45-52-63-62-35(8)66(52)55-48(31(4)34(7)72-55)49(61-45)37-16-18-41(56)19-17-37/h9-19,21,25,27-30,32,42,44-46,50H,20,22-24,26H2,1-8H3,(H,59,68)(H,60,67)/t30-,32+,42-,44+,45+,46+,50+/m1/s1. The van der Waals surface area contributed by atoms with Crippen LogP contribution < -0.4 is 15.4 Å². The number of carbonyl (C=O) groups excluding carboxylic acids is 3. The van der Waals surface area contributed by atoms with Crippen LogP contribution in [0.25, 0.3) is 26.6 Å². The molecule has 1 saturated carbocycles. The van der Waals surface area contributed by atoms with Gasteiger partial charge in [-0.2, -0.15) is 5.10 Å². The SMILES string of the molecule is Cc1ncsc1-c1ccc([C@H](C)NC(=O)[C@@H]2C[C@@H](C)CN2C(=O)[C@H](C(C)C)n2cc(-c3cccc(O[C@H]4C[C@@H](NC(=O)C[C@@H]5N=C(c6ccc(Cl)cc6)c6c(sc(C)c6C)-n6c(C)nnc65)C4)c3)cn2)cc1. The lowest BCUT2D eigenvalue weighted by atomic mass is 9.89. The summed E-state index contributed by atoms with van der Waals surface area (Å²) in [4.78, 5) is 56.0. The lowest BCUT2D eigenvalue weighted by Gasteiger charge is -2.36. The highest BCUT2D eigenvalue weighted by Gasteiger charge is 2.42. The average Bonchev–Trinajstić information content (AvgIpc) is 4.19. The fourth-order valence-electron chi connectivity index (χ4n) is 10.3. The van der Waals surface area contributed by atoms with E-state index in [4.69, 9.17) is 26.4 Å². The predicted octanol–water partition coefficient (Wildman–Crippen LogP) is 10.5. The molecule has 14 nitrogen and oxygen atoms in total. The van der Waals surface area contributed by atoms with Gasteiger partial charge in [-0.1, -0.05) is 80.9 Å². The zero-order chi connectivity index (χ0) is 50.5. The first-order chi connectivity index (χ1) is 34.6. The zero-order valence-corrected chi connectivity index (χ0v) is 44.1. The van der Waals surface area contributed by atoms with Crippen molar-refractivity contribution < 1.29 is 19.1 Å². The van der Waals surface area contributed by atoms with Crippen LogP contribution in [0.5, 0.6) is 5.75 Å². The molecule has 1 saturated heterocycles. The molecular formula is C55H59ClN10O4S2. The molecule has 1 aliphatic carbocycles. The zero-order valence-electron chi connectivity index (χ0n) is 41.7. The molecule has 72 heavy (non-hydrogen) atoms. The van der Waals surface area contributed by atoms with Crippen molar-refractivity contribution in [2.75, 3.05) is 6.54 Å². The molecule has 372 valence electrons. The molecule has 7 aromatic rings. The van der Waals surface area contributed by atoms with E-state index in [1.165, 1.54) is 4.88 Å². The van der Waals surface area contributed by atoms with Crippen molar-refractivity contribution in [3.63, 3.8) is 0 Å². The van der Waals surface area contributed by atoms with Crippen molar-refractivity contribution in [1.29, 1.82) is 0 Å².